The summed E-state index contributed by atoms with van der Waals surface area (Å²) in [5.74, 6) is 4.77. The number of hydrogen-bond donors (Lipinski definition) is 1. The first-order valence-corrected chi connectivity index (χ1v) is 8.17. The Labute approximate surface area is 138 Å². The molecule has 1 aliphatic carbocycles. The molecule has 3 rings (SSSR count). The minimum absolute atomic E-state index is 0.0379. The van der Waals surface area contributed by atoms with Gasteiger partial charge < -0.3 is 4.74 Å². The van der Waals surface area contributed by atoms with E-state index in [1.807, 2.05) is 0 Å². The molecule has 1 N–H and O–H groups in total. The van der Waals surface area contributed by atoms with E-state index in [1.54, 1.807) is 6.07 Å². The molecule has 0 aromatic heterocycles. The normalized spacial score (nSPS) is 23.7. The number of rotatable bonds is 1. The Morgan fingerprint density at radius 2 is 2.14 bits per heavy atom. The Bertz CT molecular complexity index is 688. The van der Waals surface area contributed by atoms with E-state index in [9.17, 15) is 18.0 Å². The number of fused-ring (bicyclic) bond motifs is 1. The summed E-state index contributed by atoms with van der Waals surface area (Å²) in [5, 5.41) is 2.31. The first-order valence-electron chi connectivity index (χ1n) is 6.64. The van der Waals surface area contributed by atoms with Crippen LogP contribution in [-0.4, -0.2) is 12.3 Å². The Morgan fingerprint density at radius 1 is 1.41 bits per heavy atom. The largest absolute Gasteiger partial charge is 0.445 e. The standard InChI is InChI=1S/C15H11F3INO2/c16-15(17,18)14(6-5-9-1-2-9)11-7-10(8-19)3-4-12(11)20-13(21)22-14/h3-4,7,9H,1-2,8H2,(H,20,21)/t14-/m0/s1. The zero-order valence-corrected chi connectivity index (χ0v) is 13.4. The molecule has 22 heavy (non-hydrogen) atoms. The molecular formula is C15H11F3INO2. The SMILES string of the molecule is O=C1Nc2ccc(CI)cc2[C@@](C#CC2CC2)(C(F)(F)F)O1. The van der Waals surface area contributed by atoms with E-state index < -0.39 is 17.9 Å². The summed E-state index contributed by atoms with van der Waals surface area (Å²) in [4.78, 5) is 11.6. The van der Waals surface area contributed by atoms with Gasteiger partial charge in [0.1, 0.15) is 0 Å². The Morgan fingerprint density at radius 3 is 2.73 bits per heavy atom. The molecule has 1 heterocycles. The molecule has 0 spiro atoms. The molecule has 0 unspecified atom stereocenters. The van der Waals surface area contributed by atoms with E-state index >= 15 is 0 Å². The van der Waals surface area contributed by atoms with Gasteiger partial charge in [-0.25, -0.2) is 4.79 Å². The van der Waals surface area contributed by atoms with Crippen molar-refractivity contribution in [3.63, 3.8) is 0 Å². The van der Waals surface area contributed by atoms with Gasteiger partial charge in [-0.3, -0.25) is 5.32 Å². The second-order valence-corrected chi connectivity index (χ2v) is 6.01. The average Bonchev–Trinajstić information content (AvgIpc) is 3.27. The fourth-order valence-corrected chi connectivity index (χ4v) is 2.68. The number of carbonyl (C=O) groups excluding carboxylic acids is 1. The van der Waals surface area contributed by atoms with Gasteiger partial charge in [0.25, 0.3) is 5.60 Å². The van der Waals surface area contributed by atoms with Crippen LogP contribution in [0, 0.1) is 17.8 Å². The van der Waals surface area contributed by atoms with Gasteiger partial charge in [0.15, 0.2) is 0 Å². The maximum atomic E-state index is 13.7. The predicted molar refractivity (Wildman–Crippen MR) is 82.5 cm³/mol. The third kappa shape index (κ3) is 2.64. The lowest BCUT2D eigenvalue weighted by Crippen LogP contribution is -2.49. The van der Waals surface area contributed by atoms with Crippen LogP contribution in [0.1, 0.15) is 24.0 Å². The van der Waals surface area contributed by atoms with Crippen molar-refractivity contribution >= 4 is 34.4 Å². The van der Waals surface area contributed by atoms with E-state index in [-0.39, 0.29) is 17.2 Å². The fourth-order valence-electron chi connectivity index (χ4n) is 2.21. The van der Waals surface area contributed by atoms with Gasteiger partial charge in [-0.05, 0) is 36.5 Å². The number of nitrogens with one attached hydrogen (secondary N) is 1. The number of ether oxygens (including phenoxy) is 1. The van der Waals surface area contributed by atoms with E-state index in [0.717, 1.165) is 12.8 Å². The van der Waals surface area contributed by atoms with Crippen LogP contribution in [0.5, 0.6) is 0 Å². The van der Waals surface area contributed by atoms with Crippen molar-refractivity contribution in [2.45, 2.75) is 29.0 Å². The van der Waals surface area contributed by atoms with Crippen molar-refractivity contribution in [2.24, 2.45) is 5.92 Å². The smallest absolute Gasteiger partial charge is 0.415 e. The number of halogens is 4. The van der Waals surface area contributed by atoms with Crippen molar-refractivity contribution in [1.29, 1.82) is 0 Å². The van der Waals surface area contributed by atoms with E-state index in [4.69, 9.17) is 4.74 Å². The number of cyclic esters (lactones) is 1. The summed E-state index contributed by atoms with van der Waals surface area (Å²) in [5.41, 5.74) is -2.25. The number of carbonyl (C=O) groups is 1. The van der Waals surface area contributed by atoms with Gasteiger partial charge in [-0.2, -0.15) is 13.2 Å². The highest BCUT2D eigenvalue weighted by molar-refractivity contribution is 14.1. The van der Waals surface area contributed by atoms with E-state index in [0.29, 0.717) is 9.99 Å². The number of benzene rings is 1. The number of amides is 1. The maximum Gasteiger partial charge on any atom is 0.445 e. The van der Waals surface area contributed by atoms with Gasteiger partial charge in [-0.15, -0.1) is 0 Å². The molecule has 116 valence electrons. The first-order chi connectivity index (χ1) is 10.4. The highest BCUT2D eigenvalue weighted by Gasteiger charge is 2.62. The molecule has 0 saturated heterocycles. The Kier molecular flexibility index (Phi) is 3.75. The molecular weight excluding hydrogens is 410 g/mol. The van der Waals surface area contributed by atoms with Crippen molar-refractivity contribution in [1.82, 2.24) is 0 Å². The van der Waals surface area contributed by atoms with E-state index in [1.165, 1.54) is 12.1 Å². The number of alkyl halides is 4. The first kappa shape index (κ1) is 15.5. The van der Waals surface area contributed by atoms with Gasteiger partial charge in [0.2, 0.25) is 0 Å². The van der Waals surface area contributed by atoms with Gasteiger partial charge in [-0.1, -0.05) is 34.6 Å². The maximum absolute atomic E-state index is 13.7. The van der Waals surface area contributed by atoms with Gasteiger partial charge in [0, 0.05) is 15.9 Å². The van der Waals surface area contributed by atoms with Crippen molar-refractivity contribution in [3.05, 3.63) is 29.3 Å². The molecule has 1 atom stereocenters. The summed E-state index contributed by atoms with van der Waals surface area (Å²) >= 11 is 2.06. The molecule has 0 bridgehead atoms. The minimum atomic E-state index is -4.81. The van der Waals surface area contributed by atoms with Gasteiger partial charge >= 0.3 is 12.3 Å². The predicted octanol–water partition coefficient (Wildman–Crippen LogP) is 4.35. The van der Waals surface area contributed by atoms with Crippen molar-refractivity contribution in [2.75, 3.05) is 5.32 Å². The topological polar surface area (TPSA) is 38.3 Å². The Balaban J connectivity index is 2.21. The van der Waals surface area contributed by atoms with Crippen LogP contribution in [0.4, 0.5) is 23.7 Å². The zero-order chi connectivity index (χ0) is 16.0. The van der Waals surface area contributed by atoms with Crippen LogP contribution in [-0.2, 0) is 14.8 Å². The van der Waals surface area contributed by atoms with Crippen LogP contribution >= 0.6 is 22.6 Å². The van der Waals surface area contributed by atoms with Gasteiger partial charge in [0.05, 0.1) is 5.69 Å². The van der Waals surface area contributed by atoms with E-state index in [2.05, 4.69) is 39.7 Å². The number of anilines is 1. The molecule has 1 aliphatic heterocycles. The zero-order valence-electron chi connectivity index (χ0n) is 11.3. The summed E-state index contributed by atoms with van der Waals surface area (Å²) in [6.45, 7) is 0. The van der Waals surface area contributed by atoms with Crippen molar-refractivity contribution in [3.8, 4) is 11.8 Å². The highest BCUT2D eigenvalue weighted by atomic mass is 127. The van der Waals surface area contributed by atoms with Crippen LogP contribution in [0.25, 0.3) is 0 Å². The van der Waals surface area contributed by atoms with Crippen molar-refractivity contribution < 1.29 is 22.7 Å². The molecule has 3 nitrogen and oxygen atoms in total. The van der Waals surface area contributed by atoms with Crippen LogP contribution in [0.2, 0.25) is 0 Å². The molecule has 1 saturated carbocycles. The summed E-state index contributed by atoms with van der Waals surface area (Å²) < 4.78 is 46.5. The molecule has 2 aliphatic rings. The summed E-state index contributed by atoms with van der Waals surface area (Å²) in [7, 11) is 0. The molecule has 1 aromatic rings. The Hall–Kier alpha value is -1.43. The number of hydrogen-bond acceptors (Lipinski definition) is 2. The second-order valence-electron chi connectivity index (χ2n) is 5.25. The lowest BCUT2D eigenvalue weighted by atomic mass is 9.89. The second kappa shape index (κ2) is 5.33. The molecule has 1 amide bonds. The van der Waals surface area contributed by atoms with Crippen LogP contribution in [0.3, 0.4) is 0 Å². The minimum Gasteiger partial charge on any atom is -0.415 e. The third-order valence-electron chi connectivity index (χ3n) is 3.53. The molecule has 1 aromatic carbocycles. The van der Waals surface area contributed by atoms with Crippen LogP contribution in [0.15, 0.2) is 18.2 Å². The summed E-state index contributed by atoms with van der Waals surface area (Å²) in [6.07, 6.45) is -4.38. The van der Waals surface area contributed by atoms with Crippen LogP contribution < -0.4 is 5.32 Å². The highest BCUT2D eigenvalue weighted by Crippen LogP contribution is 2.48. The fraction of sp³-hybridized carbons (Fsp3) is 0.400. The quantitative estimate of drug-likeness (QED) is 0.416. The molecule has 0 radical (unpaired) electrons. The average molecular weight is 421 g/mol. The lowest BCUT2D eigenvalue weighted by molar-refractivity contribution is -0.239. The molecule has 7 heteroatoms. The third-order valence-corrected chi connectivity index (χ3v) is 4.41. The lowest BCUT2D eigenvalue weighted by Gasteiger charge is -2.36. The monoisotopic (exact) mass is 421 g/mol. The summed E-state index contributed by atoms with van der Waals surface area (Å²) in [6, 6.07) is 4.53. The molecule has 1 fully saturated rings.